The Balaban J connectivity index is 1.66. The summed E-state index contributed by atoms with van der Waals surface area (Å²) in [5.74, 6) is -0.893. The molecule has 3 aromatic rings. The molecule has 3 rings (SSSR count). The van der Waals surface area contributed by atoms with Crippen molar-refractivity contribution in [2.45, 2.75) is 6.61 Å². The number of carbonyl (C=O) groups excluding carboxylic acids is 2. The van der Waals surface area contributed by atoms with E-state index in [1.54, 1.807) is 48.5 Å². The molecule has 8 N–H and O–H groups in total. The van der Waals surface area contributed by atoms with Gasteiger partial charge in [-0.25, -0.2) is 0 Å². The first-order chi connectivity index (χ1) is 15.3. The maximum Gasteiger partial charge on any atom is 0.280 e. The minimum Gasteiger partial charge on any atom is -0.489 e. The third kappa shape index (κ3) is 5.92. The van der Waals surface area contributed by atoms with Crippen LogP contribution in [0.3, 0.4) is 0 Å². The summed E-state index contributed by atoms with van der Waals surface area (Å²) in [6.45, 7) is 0.312. The molecule has 2 amide bonds. The Morgan fingerprint density at radius 3 is 1.75 bits per heavy atom. The van der Waals surface area contributed by atoms with Crippen molar-refractivity contribution in [1.82, 2.24) is 0 Å². The van der Waals surface area contributed by atoms with Crippen LogP contribution in [-0.4, -0.2) is 23.7 Å². The SMILES string of the molecule is NC(N)=NC(=O)c1ccc(COc2cccc(-c3ccc(C(=O)N=C(N)N)cc3)c2)cc1. The summed E-state index contributed by atoms with van der Waals surface area (Å²) < 4.78 is 5.87. The fraction of sp³-hybridized carbons (Fsp3) is 0.0435. The first-order valence-corrected chi connectivity index (χ1v) is 9.52. The fourth-order valence-electron chi connectivity index (χ4n) is 2.84. The number of amides is 2. The molecule has 0 atom stereocenters. The quantitative estimate of drug-likeness (QED) is 0.340. The Morgan fingerprint density at radius 2 is 1.22 bits per heavy atom. The number of aliphatic imine (C=N–C) groups is 2. The lowest BCUT2D eigenvalue weighted by molar-refractivity contribution is 0.0994. The van der Waals surface area contributed by atoms with E-state index in [2.05, 4.69) is 9.98 Å². The molecule has 0 saturated heterocycles. The lowest BCUT2D eigenvalue weighted by atomic mass is 10.0. The van der Waals surface area contributed by atoms with Gasteiger partial charge in [0.25, 0.3) is 11.8 Å². The zero-order valence-electron chi connectivity index (χ0n) is 17.1. The molecule has 0 spiro atoms. The van der Waals surface area contributed by atoms with E-state index in [1.807, 2.05) is 24.3 Å². The van der Waals surface area contributed by atoms with Crippen LogP contribution < -0.4 is 27.7 Å². The smallest absolute Gasteiger partial charge is 0.280 e. The molecule has 0 radical (unpaired) electrons. The Bertz CT molecular complexity index is 1180. The maximum absolute atomic E-state index is 11.9. The molecular formula is C23H22N6O3. The molecule has 0 saturated carbocycles. The van der Waals surface area contributed by atoms with Crippen molar-refractivity contribution in [3.8, 4) is 16.9 Å². The molecule has 9 heteroatoms. The van der Waals surface area contributed by atoms with Gasteiger partial charge in [0.05, 0.1) is 0 Å². The van der Waals surface area contributed by atoms with Crippen molar-refractivity contribution in [3.63, 3.8) is 0 Å². The zero-order valence-corrected chi connectivity index (χ0v) is 17.1. The Labute approximate surface area is 184 Å². The highest BCUT2D eigenvalue weighted by molar-refractivity contribution is 6.02. The third-order valence-corrected chi connectivity index (χ3v) is 4.37. The average Bonchev–Trinajstić information content (AvgIpc) is 2.77. The number of rotatable bonds is 6. The Morgan fingerprint density at radius 1 is 0.688 bits per heavy atom. The van der Waals surface area contributed by atoms with Crippen molar-refractivity contribution < 1.29 is 14.3 Å². The summed E-state index contributed by atoms with van der Waals surface area (Å²) in [5.41, 5.74) is 24.4. The van der Waals surface area contributed by atoms with Gasteiger partial charge in [0.2, 0.25) is 0 Å². The first-order valence-electron chi connectivity index (χ1n) is 9.52. The molecule has 162 valence electrons. The monoisotopic (exact) mass is 430 g/mol. The number of nitrogens with two attached hydrogens (primary N) is 4. The van der Waals surface area contributed by atoms with Gasteiger partial charge in [0.15, 0.2) is 11.9 Å². The van der Waals surface area contributed by atoms with E-state index in [0.29, 0.717) is 23.5 Å². The average molecular weight is 430 g/mol. The van der Waals surface area contributed by atoms with Gasteiger partial charge in [-0.2, -0.15) is 9.98 Å². The van der Waals surface area contributed by atoms with Crippen LogP contribution in [0.4, 0.5) is 0 Å². The number of nitrogens with zero attached hydrogens (tertiary/aromatic N) is 2. The van der Waals surface area contributed by atoms with Gasteiger partial charge >= 0.3 is 0 Å². The minimum atomic E-state index is -0.504. The Kier molecular flexibility index (Phi) is 6.81. The molecule has 9 nitrogen and oxygen atoms in total. The molecule has 0 aliphatic rings. The normalized spacial score (nSPS) is 10.1. The van der Waals surface area contributed by atoms with Crippen LogP contribution in [0, 0.1) is 0 Å². The predicted octanol–water partition coefficient (Wildman–Crippen LogP) is 1.76. The van der Waals surface area contributed by atoms with Gasteiger partial charge in [0, 0.05) is 11.1 Å². The predicted molar refractivity (Wildman–Crippen MR) is 123 cm³/mol. The van der Waals surface area contributed by atoms with Crippen LogP contribution in [0.25, 0.3) is 11.1 Å². The van der Waals surface area contributed by atoms with Gasteiger partial charge < -0.3 is 27.7 Å². The van der Waals surface area contributed by atoms with Crippen LogP contribution in [-0.2, 0) is 6.61 Å². The molecule has 0 aliphatic heterocycles. The number of benzene rings is 3. The van der Waals surface area contributed by atoms with Crippen molar-refractivity contribution in [1.29, 1.82) is 0 Å². The Hall–Kier alpha value is -4.66. The van der Waals surface area contributed by atoms with E-state index in [9.17, 15) is 9.59 Å². The minimum absolute atomic E-state index is 0.279. The second-order valence-electron chi connectivity index (χ2n) is 6.77. The van der Waals surface area contributed by atoms with Crippen LogP contribution in [0.2, 0.25) is 0 Å². The summed E-state index contributed by atoms with van der Waals surface area (Å²) in [5, 5.41) is 0. The van der Waals surface area contributed by atoms with Gasteiger partial charge in [0.1, 0.15) is 12.4 Å². The van der Waals surface area contributed by atoms with Crippen LogP contribution >= 0.6 is 0 Å². The van der Waals surface area contributed by atoms with E-state index in [0.717, 1.165) is 16.7 Å². The van der Waals surface area contributed by atoms with E-state index in [1.165, 1.54) is 0 Å². The maximum atomic E-state index is 11.9. The first kappa shape index (κ1) is 22.0. The number of hydrogen-bond acceptors (Lipinski definition) is 3. The largest absolute Gasteiger partial charge is 0.489 e. The molecule has 3 aromatic carbocycles. The molecule has 0 aliphatic carbocycles. The summed E-state index contributed by atoms with van der Waals surface area (Å²) in [4.78, 5) is 30.7. The van der Waals surface area contributed by atoms with E-state index in [-0.39, 0.29) is 11.9 Å². The number of hydrogen-bond donors (Lipinski definition) is 4. The van der Waals surface area contributed by atoms with Crippen LogP contribution in [0.1, 0.15) is 26.3 Å². The molecule has 0 unspecified atom stereocenters. The summed E-state index contributed by atoms with van der Waals surface area (Å²) >= 11 is 0. The highest BCUT2D eigenvalue weighted by Gasteiger charge is 2.07. The standard InChI is InChI=1S/C23H22N6O3/c24-22(25)28-20(30)16-6-4-14(5-7-16)13-32-19-3-1-2-18(12-19)15-8-10-17(11-9-15)21(31)29-23(26)27/h1-12H,13H2,(H4,24,25,28,30)(H4,26,27,29,31). The lowest BCUT2D eigenvalue weighted by Gasteiger charge is -2.09. The highest BCUT2D eigenvalue weighted by atomic mass is 16.5. The van der Waals surface area contributed by atoms with Crippen molar-refractivity contribution in [2.75, 3.05) is 0 Å². The summed E-state index contributed by atoms with van der Waals surface area (Å²) in [6.07, 6.45) is 0. The number of ether oxygens (including phenoxy) is 1. The topological polar surface area (TPSA) is 172 Å². The van der Waals surface area contributed by atoms with Crippen molar-refractivity contribution in [3.05, 3.63) is 89.5 Å². The summed E-state index contributed by atoms with van der Waals surface area (Å²) in [6, 6.07) is 21.3. The molecule has 32 heavy (non-hydrogen) atoms. The highest BCUT2D eigenvalue weighted by Crippen LogP contribution is 2.25. The molecule has 0 heterocycles. The second-order valence-corrected chi connectivity index (χ2v) is 6.77. The lowest BCUT2D eigenvalue weighted by Crippen LogP contribution is -2.24. The summed E-state index contributed by atoms with van der Waals surface area (Å²) in [7, 11) is 0. The van der Waals surface area contributed by atoms with Gasteiger partial charge in [-0.1, -0.05) is 36.4 Å². The van der Waals surface area contributed by atoms with Crippen molar-refractivity contribution in [2.24, 2.45) is 32.9 Å². The van der Waals surface area contributed by atoms with E-state index in [4.69, 9.17) is 27.7 Å². The van der Waals surface area contributed by atoms with E-state index < -0.39 is 11.8 Å². The molecular weight excluding hydrogens is 408 g/mol. The van der Waals surface area contributed by atoms with Gasteiger partial charge in [-0.05, 0) is 53.1 Å². The van der Waals surface area contributed by atoms with Gasteiger partial charge in [-0.15, -0.1) is 0 Å². The molecule has 0 bridgehead atoms. The zero-order chi connectivity index (χ0) is 23.1. The van der Waals surface area contributed by atoms with Crippen LogP contribution in [0.5, 0.6) is 5.75 Å². The van der Waals surface area contributed by atoms with Gasteiger partial charge in [-0.3, -0.25) is 9.59 Å². The van der Waals surface area contributed by atoms with Crippen LogP contribution in [0.15, 0.2) is 82.8 Å². The third-order valence-electron chi connectivity index (χ3n) is 4.37. The van der Waals surface area contributed by atoms with Crippen molar-refractivity contribution >= 4 is 23.7 Å². The second kappa shape index (κ2) is 9.90. The molecule has 0 aromatic heterocycles. The fourth-order valence-corrected chi connectivity index (χ4v) is 2.84. The van der Waals surface area contributed by atoms with E-state index >= 15 is 0 Å². The molecule has 0 fully saturated rings. The number of guanidine groups is 2. The number of carbonyl (C=O) groups is 2.